The fourth-order valence-corrected chi connectivity index (χ4v) is 3.09. The largest absolute Gasteiger partial charge is 0.379 e. The normalized spacial score (nSPS) is 16.9. The SMILES string of the molecule is Cc1ccc(C(CNCc2ccc(F)cc2)N2CCOCC2)cc1. The molecule has 24 heavy (non-hydrogen) atoms. The number of aryl methyl sites for hydroxylation is 1. The van der Waals surface area contributed by atoms with Crippen LogP contribution in [0.1, 0.15) is 22.7 Å². The molecule has 2 aromatic rings. The molecule has 1 unspecified atom stereocenters. The molecule has 1 aliphatic rings. The second-order valence-electron chi connectivity index (χ2n) is 6.33. The second kappa shape index (κ2) is 8.38. The topological polar surface area (TPSA) is 24.5 Å². The van der Waals surface area contributed by atoms with Gasteiger partial charge in [0, 0.05) is 32.2 Å². The highest BCUT2D eigenvalue weighted by Gasteiger charge is 2.22. The van der Waals surface area contributed by atoms with E-state index in [4.69, 9.17) is 4.74 Å². The summed E-state index contributed by atoms with van der Waals surface area (Å²) >= 11 is 0. The standard InChI is InChI=1S/C20H25FN2O/c1-16-2-6-18(7-3-16)20(23-10-12-24-13-11-23)15-22-14-17-4-8-19(21)9-5-17/h2-9,20,22H,10-15H2,1H3. The van der Waals surface area contributed by atoms with Crippen LogP contribution in [0.4, 0.5) is 4.39 Å². The monoisotopic (exact) mass is 328 g/mol. The van der Waals surface area contributed by atoms with E-state index in [-0.39, 0.29) is 5.82 Å². The van der Waals surface area contributed by atoms with Crippen molar-refractivity contribution in [2.45, 2.75) is 19.5 Å². The first-order chi connectivity index (χ1) is 11.7. The van der Waals surface area contributed by atoms with Crippen LogP contribution in [-0.2, 0) is 11.3 Å². The van der Waals surface area contributed by atoms with Crippen LogP contribution < -0.4 is 5.32 Å². The number of ether oxygens (including phenoxy) is 1. The average molecular weight is 328 g/mol. The van der Waals surface area contributed by atoms with Gasteiger partial charge in [-0.3, -0.25) is 4.90 Å². The van der Waals surface area contributed by atoms with Crippen LogP contribution >= 0.6 is 0 Å². The molecule has 1 saturated heterocycles. The second-order valence-corrected chi connectivity index (χ2v) is 6.33. The minimum Gasteiger partial charge on any atom is -0.379 e. The molecule has 3 nitrogen and oxygen atoms in total. The van der Waals surface area contributed by atoms with E-state index in [9.17, 15) is 4.39 Å². The minimum atomic E-state index is -0.190. The number of hydrogen-bond acceptors (Lipinski definition) is 3. The molecule has 0 amide bonds. The summed E-state index contributed by atoms with van der Waals surface area (Å²) in [5, 5.41) is 3.53. The fraction of sp³-hybridized carbons (Fsp3) is 0.400. The van der Waals surface area contributed by atoms with Gasteiger partial charge in [0.2, 0.25) is 0 Å². The van der Waals surface area contributed by atoms with Crippen LogP contribution in [-0.4, -0.2) is 37.7 Å². The summed E-state index contributed by atoms with van der Waals surface area (Å²) in [6, 6.07) is 15.8. The highest BCUT2D eigenvalue weighted by molar-refractivity contribution is 5.25. The summed E-state index contributed by atoms with van der Waals surface area (Å²) in [7, 11) is 0. The van der Waals surface area contributed by atoms with Gasteiger partial charge in [-0.2, -0.15) is 0 Å². The molecule has 1 N–H and O–H groups in total. The highest BCUT2D eigenvalue weighted by atomic mass is 19.1. The predicted octanol–water partition coefficient (Wildman–Crippen LogP) is 3.30. The summed E-state index contributed by atoms with van der Waals surface area (Å²) < 4.78 is 18.5. The maximum atomic E-state index is 13.0. The van der Waals surface area contributed by atoms with Gasteiger partial charge >= 0.3 is 0 Å². The van der Waals surface area contributed by atoms with E-state index in [1.807, 2.05) is 12.1 Å². The third-order valence-corrected chi connectivity index (χ3v) is 4.53. The lowest BCUT2D eigenvalue weighted by molar-refractivity contribution is 0.0161. The van der Waals surface area contributed by atoms with Crippen LogP contribution in [0, 0.1) is 12.7 Å². The molecule has 4 heteroatoms. The van der Waals surface area contributed by atoms with Crippen molar-refractivity contribution in [3.63, 3.8) is 0 Å². The number of morpholine rings is 1. The molecule has 0 aliphatic carbocycles. The Morgan fingerprint density at radius 1 is 1.04 bits per heavy atom. The first-order valence-electron chi connectivity index (χ1n) is 8.56. The Kier molecular flexibility index (Phi) is 5.96. The number of hydrogen-bond donors (Lipinski definition) is 1. The third kappa shape index (κ3) is 4.63. The maximum absolute atomic E-state index is 13.0. The Bertz CT molecular complexity index is 621. The van der Waals surface area contributed by atoms with Gasteiger partial charge in [0.15, 0.2) is 0 Å². The van der Waals surface area contributed by atoms with Crippen molar-refractivity contribution in [2.75, 3.05) is 32.8 Å². The van der Waals surface area contributed by atoms with Crippen molar-refractivity contribution in [1.82, 2.24) is 10.2 Å². The number of benzene rings is 2. The van der Waals surface area contributed by atoms with E-state index in [0.717, 1.165) is 45.0 Å². The summed E-state index contributed by atoms with van der Waals surface area (Å²) in [5.41, 5.74) is 3.70. The maximum Gasteiger partial charge on any atom is 0.123 e. The quantitative estimate of drug-likeness (QED) is 0.880. The van der Waals surface area contributed by atoms with Crippen LogP contribution in [0.25, 0.3) is 0 Å². The molecule has 1 aliphatic heterocycles. The van der Waals surface area contributed by atoms with Gasteiger partial charge in [-0.05, 0) is 30.2 Å². The number of halogens is 1. The Morgan fingerprint density at radius 3 is 2.38 bits per heavy atom. The lowest BCUT2D eigenvalue weighted by Gasteiger charge is -2.35. The fourth-order valence-electron chi connectivity index (χ4n) is 3.09. The highest BCUT2D eigenvalue weighted by Crippen LogP contribution is 2.22. The first-order valence-corrected chi connectivity index (χ1v) is 8.56. The zero-order valence-corrected chi connectivity index (χ0v) is 14.2. The average Bonchev–Trinajstić information content (AvgIpc) is 2.62. The van der Waals surface area contributed by atoms with Crippen molar-refractivity contribution in [3.05, 3.63) is 71.0 Å². The summed E-state index contributed by atoms with van der Waals surface area (Å²) in [6.45, 7) is 7.21. The van der Waals surface area contributed by atoms with Gasteiger partial charge in [0.25, 0.3) is 0 Å². The Balaban J connectivity index is 1.65. The molecule has 1 heterocycles. The number of nitrogens with zero attached hydrogens (tertiary/aromatic N) is 1. The van der Waals surface area contributed by atoms with Gasteiger partial charge in [-0.1, -0.05) is 42.0 Å². The molecule has 0 saturated carbocycles. The summed E-state index contributed by atoms with van der Waals surface area (Å²) in [4.78, 5) is 2.48. The molecular weight excluding hydrogens is 303 g/mol. The molecule has 0 bridgehead atoms. The molecular formula is C20H25FN2O. The van der Waals surface area contributed by atoms with E-state index >= 15 is 0 Å². The van der Waals surface area contributed by atoms with E-state index in [0.29, 0.717) is 6.04 Å². The third-order valence-electron chi connectivity index (χ3n) is 4.53. The molecule has 0 radical (unpaired) electrons. The molecule has 0 spiro atoms. The summed E-state index contributed by atoms with van der Waals surface area (Å²) in [5.74, 6) is -0.190. The first kappa shape index (κ1) is 17.1. The Morgan fingerprint density at radius 2 is 1.71 bits per heavy atom. The zero-order chi connectivity index (χ0) is 16.8. The predicted molar refractivity (Wildman–Crippen MR) is 94.4 cm³/mol. The van der Waals surface area contributed by atoms with Gasteiger partial charge in [-0.15, -0.1) is 0 Å². The van der Waals surface area contributed by atoms with Crippen LogP contribution in [0.15, 0.2) is 48.5 Å². The van der Waals surface area contributed by atoms with E-state index in [1.165, 1.54) is 23.3 Å². The van der Waals surface area contributed by atoms with E-state index < -0.39 is 0 Å². The molecule has 1 atom stereocenters. The van der Waals surface area contributed by atoms with Crippen molar-refractivity contribution in [2.24, 2.45) is 0 Å². The van der Waals surface area contributed by atoms with Crippen molar-refractivity contribution >= 4 is 0 Å². The summed E-state index contributed by atoms with van der Waals surface area (Å²) in [6.07, 6.45) is 0. The number of nitrogens with one attached hydrogen (secondary N) is 1. The van der Waals surface area contributed by atoms with Gasteiger partial charge in [0.1, 0.15) is 5.82 Å². The molecule has 3 rings (SSSR count). The van der Waals surface area contributed by atoms with Crippen LogP contribution in [0.5, 0.6) is 0 Å². The van der Waals surface area contributed by atoms with E-state index in [2.05, 4.69) is 41.4 Å². The lowest BCUT2D eigenvalue weighted by atomic mass is 10.0. The molecule has 128 valence electrons. The zero-order valence-electron chi connectivity index (χ0n) is 14.2. The van der Waals surface area contributed by atoms with Gasteiger partial charge in [-0.25, -0.2) is 4.39 Å². The Labute approximate surface area is 143 Å². The van der Waals surface area contributed by atoms with E-state index in [1.54, 1.807) is 0 Å². The van der Waals surface area contributed by atoms with Crippen LogP contribution in [0.2, 0.25) is 0 Å². The van der Waals surface area contributed by atoms with Gasteiger partial charge in [0.05, 0.1) is 13.2 Å². The molecule has 1 fully saturated rings. The van der Waals surface area contributed by atoms with Crippen LogP contribution in [0.3, 0.4) is 0 Å². The van der Waals surface area contributed by atoms with Crippen molar-refractivity contribution in [1.29, 1.82) is 0 Å². The minimum absolute atomic E-state index is 0.190. The van der Waals surface area contributed by atoms with Gasteiger partial charge < -0.3 is 10.1 Å². The Hall–Kier alpha value is -1.75. The number of rotatable bonds is 6. The molecule has 2 aromatic carbocycles. The smallest absolute Gasteiger partial charge is 0.123 e. The molecule has 0 aromatic heterocycles. The van der Waals surface area contributed by atoms with Crippen molar-refractivity contribution < 1.29 is 9.13 Å². The van der Waals surface area contributed by atoms with Crippen molar-refractivity contribution in [3.8, 4) is 0 Å². The lowest BCUT2D eigenvalue weighted by Crippen LogP contribution is -2.42.